The van der Waals surface area contributed by atoms with Gasteiger partial charge in [-0.05, 0) is 23.6 Å². The maximum absolute atomic E-state index is 11.7. The van der Waals surface area contributed by atoms with E-state index in [0.29, 0.717) is 30.5 Å². The van der Waals surface area contributed by atoms with Gasteiger partial charge >= 0.3 is 0 Å². The third-order valence-corrected chi connectivity index (χ3v) is 3.24. The van der Waals surface area contributed by atoms with E-state index in [1.54, 1.807) is 0 Å². The predicted molar refractivity (Wildman–Crippen MR) is 79.4 cm³/mol. The summed E-state index contributed by atoms with van der Waals surface area (Å²) in [7, 11) is 0. The highest BCUT2D eigenvalue weighted by molar-refractivity contribution is 9.10. The summed E-state index contributed by atoms with van der Waals surface area (Å²) >= 11 is 3.43. The Morgan fingerprint density at radius 3 is 2.90 bits per heavy atom. The van der Waals surface area contributed by atoms with Crippen molar-refractivity contribution in [2.24, 2.45) is 5.92 Å². The molecule has 0 saturated carbocycles. The molecule has 0 fully saturated rings. The summed E-state index contributed by atoms with van der Waals surface area (Å²) in [5.41, 5.74) is 1.10. The third kappa shape index (κ3) is 4.56. The molecule has 1 heterocycles. The van der Waals surface area contributed by atoms with Gasteiger partial charge in [-0.25, -0.2) is 0 Å². The maximum atomic E-state index is 11.7. The van der Waals surface area contributed by atoms with Gasteiger partial charge in [0.25, 0.3) is 0 Å². The number of nitrogens with zero attached hydrogens (tertiary/aromatic N) is 2. The largest absolute Gasteiger partial charge is 0.339 e. The first-order chi connectivity index (χ1) is 9.52. The first-order valence-electron chi connectivity index (χ1n) is 6.60. The number of carbonyl (C=O) groups excluding carboxylic acids is 1. The van der Waals surface area contributed by atoms with Crippen molar-refractivity contribution in [3.63, 3.8) is 0 Å². The second-order valence-electron chi connectivity index (χ2n) is 5.22. The smallest absolute Gasteiger partial charge is 0.234 e. The monoisotopic (exact) mass is 336 g/mol. The quantitative estimate of drug-likeness (QED) is 0.808. The second kappa shape index (κ2) is 6.79. The fourth-order valence-electron chi connectivity index (χ4n) is 1.96. The SMILES string of the molecule is CC(C)CC(=O)Cc1nc(Cc2cccc(Br)c2)no1. The van der Waals surface area contributed by atoms with E-state index in [1.807, 2.05) is 38.1 Å². The lowest BCUT2D eigenvalue weighted by atomic mass is 10.1. The van der Waals surface area contributed by atoms with E-state index in [1.165, 1.54) is 0 Å². The second-order valence-corrected chi connectivity index (χ2v) is 6.14. The molecule has 4 nitrogen and oxygen atoms in total. The Morgan fingerprint density at radius 1 is 1.40 bits per heavy atom. The van der Waals surface area contributed by atoms with E-state index >= 15 is 0 Å². The van der Waals surface area contributed by atoms with Gasteiger partial charge in [0.05, 0.1) is 6.42 Å². The zero-order valence-electron chi connectivity index (χ0n) is 11.6. The minimum absolute atomic E-state index is 0.137. The van der Waals surface area contributed by atoms with Crippen LogP contribution in [0.25, 0.3) is 0 Å². The fourth-order valence-corrected chi connectivity index (χ4v) is 2.41. The summed E-state index contributed by atoms with van der Waals surface area (Å²) in [5.74, 6) is 1.50. The molecule has 0 unspecified atom stereocenters. The fraction of sp³-hybridized carbons (Fsp3) is 0.400. The number of benzene rings is 1. The first kappa shape index (κ1) is 14.9. The van der Waals surface area contributed by atoms with Gasteiger partial charge < -0.3 is 4.52 Å². The molecule has 0 aliphatic rings. The summed E-state index contributed by atoms with van der Waals surface area (Å²) in [5, 5.41) is 3.92. The summed E-state index contributed by atoms with van der Waals surface area (Å²) in [4.78, 5) is 16.0. The highest BCUT2D eigenvalue weighted by Gasteiger charge is 2.13. The summed E-state index contributed by atoms with van der Waals surface area (Å²) in [6, 6.07) is 7.95. The zero-order valence-corrected chi connectivity index (χ0v) is 13.2. The van der Waals surface area contributed by atoms with Crippen LogP contribution in [0, 0.1) is 5.92 Å². The summed E-state index contributed by atoms with van der Waals surface area (Å²) in [6.45, 7) is 4.04. The van der Waals surface area contributed by atoms with E-state index < -0.39 is 0 Å². The van der Waals surface area contributed by atoms with Gasteiger partial charge in [0.1, 0.15) is 5.78 Å². The molecule has 106 valence electrons. The van der Waals surface area contributed by atoms with Gasteiger partial charge in [-0.15, -0.1) is 0 Å². The minimum Gasteiger partial charge on any atom is -0.339 e. The van der Waals surface area contributed by atoms with E-state index in [9.17, 15) is 4.79 Å². The van der Waals surface area contributed by atoms with Crippen LogP contribution in [0.1, 0.15) is 37.5 Å². The van der Waals surface area contributed by atoms with Crippen LogP contribution >= 0.6 is 15.9 Å². The first-order valence-corrected chi connectivity index (χ1v) is 7.40. The molecule has 1 aromatic carbocycles. The molecule has 0 spiro atoms. The van der Waals surface area contributed by atoms with Crippen molar-refractivity contribution in [3.05, 3.63) is 46.0 Å². The van der Waals surface area contributed by atoms with Crippen LogP contribution in [0.3, 0.4) is 0 Å². The minimum atomic E-state index is 0.137. The molecule has 2 rings (SSSR count). The average Bonchev–Trinajstić information content (AvgIpc) is 2.75. The molecule has 0 atom stereocenters. The van der Waals surface area contributed by atoms with Crippen molar-refractivity contribution in [1.29, 1.82) is 0 Å². The zero-order chi connectivity index (χ0) is 14.5. The Morgan fingerprint density at radius 2 is 2.20 bits per heavy atom. The van der Waals surface area contributed by atoms with Crippen molar-refractivity contribution in [1.82, 2.24) is 10.1 Å². The van der Waals surface area contributed by atoms with E-state index in [-0.39, 0.29) is 12.2 Å². The lowest BCUT2D eigenvalue weighted by molar-refractivity contribution is -0.119. The molecule has 0 aliphatic heterocycles. The van der Waals surface area contributed by atoms with Crippen LogP contribution in [0.15, 0.2) is 33.3 Å². The average molecular weight is 337 g/mol. The number of Topliss-reactive ketones (excluding diaryl/α,β-unsaturated/α-hetero) is 1. The lowest BCUT2D eigenvalue weighted by Crippen LogP contribution is -2.06. The highest BCUT2D eigenvalue weighted by atomic mass is 79.9. The molecule has 0 amide bonds. The van der Waals surface area contributed by atoms with Gasteiger partial charge in [-0.2, -0.15) is 4.98 Å². The number of hydrogen-bond acceptors (Lipinski definition) is 4. The number of ketones is 1. The molecule has 0 aliphatic carbocycles. The molecular weight excluding hydrogens is 320 g/mol. The molecule has 0 saturated heterocycles. The van der Waals surface area contributed by atoms with Gasteiger partial charge in [0, 0.05) is 17.3 Å². The Hall–Kier alpha value is -1.49. The standard InChI is InChI=1S/C15H17BrN2O2/c1-10(2)6-13(19)9-15-17-14(18-20-15)8-11-4-3-5-12(16)7-11/h3-5,7,10H,6,8-9H2,1-2H3. The van der Waals surface area contributed by atoms with Crippen LogP contribution in [-0.4, -0.2) is 15.9 Å². The maximum Gasteiger partial charge on any atom is 0.234 e. The van der Waals surface area contributed by atoms with Crippen LogP contribution < -0.4 is 0 Å². The van der Waals surface area contributed by atoms with Crippen LogP contribution in [0.4, 0.5) is 0 Å². The summed E-state index contributed by atoms with van der Waals surface area (Å²) < 4.78 is 6.14. The molecular formula is C15H17BrN2O2. The van der Waals surface area contributed by atoms with Crippen LogP contribution in [0.5, 0.6) is 0 Å². The van der Waals surface area contributed by atoms with Crippen molar-refractivity contribution in [3.8, 4) is 0 Å². The Bertz CT molecular complexity index is 593. The Labute approximate surface area is 126 Å². The predicted octanol–water partition coefficient (Wildman–Crippen LogP) is 3.58. The van der Waals surface area contributed by atoms with Crippen molar-refractivity contribution in [2.45, 2.75) is 33.1 Å². The van der Waals surface area contributed by atoms with Crippen LogP contribution in [0.2, 0.25) is 0 Å². The van der Waals surface area contributed by atoms with Crippen molar-refractivity contribution < 1.29 is 9.32 Å². The van der Waals surface area contributed by atoms with E-state index in [4.69, 9.17) is 4.52 Å². The van der Waals surface area contributed by atoms with Crippen molar-refractivity contribution in [2.75, 3.05) is 0 Å². The number of carbonyl (C=O) groups is 1. The topological polar surface area (TPSA) is 56.0 Å². The number of rotatable bonds is 6. The van der Waals surface area contributed by atoms with Gasteiger partial charge in [-0.3, -0.25) is 4.79 Å². The molecule has 0 N–H and O–H groups in total. The van der Waals surface area contributed by atoms with Gasteiger partial charge in [-0.1, -0.05) is 47.1 Å². The number of aromatic nitrogens is 2. The number of halogens is 1. The van der Waals surface area contributed by atoms with Gasteiger partial charge in [0.15, 0.2) is 5.82 Å². The van der Waals surface area contributed by atoms with Crippen LogP contribution in [-0.2, 0) is 17.6 Å². The van der Waals surface area contributed by atoms with Crippen molar-refractivity contribution >= 4 is 21.7 Å². The molecule has 2 aromatic rings. The number of hydrogen-bond donors (Lipinski definition) is 0. The Balaban J connectivity index is 1.97. The molecule has 0 bridgehead atoms. The molecule has 5 heteroatoms. The molecule has 20 heavy (non-hydrogen) atoms. The summed E-state index contributed by atoms with van der Waals surface area (Å²) in [6.07, 6.45) is 1.37. The highest BCUT2D eigenvalue weighted by Crippen LogP contribution is 2.14. The van der Waals surface area contributed by atoms with Gasteiger partial charge in [0.2, 0.25) is 5.89 Å². The molecule has 1 aromatic heterocycles. The van der Waals surface area contributed by atoms with E-state index in [0.717, 1.165) is 10.0 Å². The molecule has 0 radical (unpaired) electrons. The normalized spacial score (nSPS) is 11.0. The Kier molecular flexibility index (Phi) is 5.06. The van der Waals surface area contributed by atoms with E-state index in [2.05, 4.69) is 26.1 Å². The lowest BCUT2D eigenvalue weighted by Gasteiger charge is -2.00. The third-order valence-electron chi connectivity index (χ3n) is 2.75.